The number of hydrogen-bond donors (Lipinski definition) is 3. The highest BCUT2D eigenvalue weighted by molar-refractivity contribution is 8.00. The Balaban J connectivity index is 1.51. The van der Waals surface area contributed by atoms with Crippen LogP contribution in [0.25, 0.3) is 6.08 Å². The smallest absolute Gasteiger partial charge is 0.272 e. The number of carbonyl (C=O) groups excluding carboxylic acids is 3. The summed E-state index contributed by atoms with van der Waals surface area (Å²) in [4.78, 5) is 39.9. The van der Waals surface area contributed by atoms with Gasteiger partial charge in [-0.2, -0.15) is 0 Å². The quantitative estimate of drug-likeness (QED) is 0.127. The van der Waals surface area contributed by atoms with Crippen molar-refractivity contribution in [2.24, 2.45) is 0 Å². The summed E-state index contributed by atoms with van der Waals surface area (Å²) in [5.74, 6) is -1.25. The van der Waals surface area contributed by atoms with Crippen molar-refractivity contribution in [3.63, 3.8) is 0 Å². The Hall–Kier alpha value is -3.75. The zero-order chi connectivity index (χ0) is 30.2. The van der Waals surface area contributed by atoms with Crippen molar-refractivity contribution in [2.45, 2.75) is 24.0 Å². The average molecular weight is 639 g/mol. The molecule has 0 radical (unpaired) electrons. The molecule has 4 aromatic rings. The minimum Gasteiger partial charge on any atom is -0.325 e. The van der Waals surface area contributed by atoms with Crippen molar-refractivity contribution in [3.8, 4) is 0 Å². The van der Waals surface area contributed by atoms with E-state index in [1.807, 2.05) is 19.1 Å². The topological polar surface area (TPSA) is 87.3 Å². The summed E-state index contributed by atoms with van der Waals surface area (Å²) in [5, 5.41) is 9.13. The molecular weight excluding hydrogens is 613 g/mol. The third kappa shape index (κ3) is 8.39. The van der Waals surface area contributed by atoms with E-state index in [9.17, 15) is 14.4 Å². The minimum atomic E-state index is -0.584. The Bertz CT molecular complexity index is 1640. The first-order chi connectivity index (χ1) is 20.1. The van der Waals surface area contributed by atoms with E-state index in [4.69, 9.17) is 34.8 Å². The van der Waals surface area contributed by atoms with Crippen LogP contribution in [0.2, 0.25) is 15.1 Å². The molecule has 4 aromatic carbocycles. The van der Waals surface area contributed by atoms with Gasteiger partial charge < -0.3 is 16.0 Å². The predicted molar refractivity (Wildman–Crippen MR) is 174 cm³/mol. The number of hydrogen-bond acceptors (Lipinski definition) is 4. The number of amides is 3. The molecule has 42 heavy (non-hydrogen) atoms. The second kappa shape index (κ2) is 14.4. The SMILES string of the molecule is Cc1ccc(NC(=O)C(C)Sc2cccc(NC(=O)/C(=C\c3c(Cl)cccc3Cl)NC(=O)c3ccccc3)c2)cc1Cl. The fourth-order valence-corrected chi connectivity index (χ4v) is 5.37. The summed E-state index contributed by atoms with van der Waals surface area (Å²) >= 11 is 20.2. The molecule has 0 heterocycles. The lowest BCUT2D eigenvalue weighted by atomic mass is 10.1. The molecule has 0 saturated carbocycles. The maximum absolute atomic E-state index is 13.4. The second-order valence-electron chi connectivity index (χ2n) is 9.21. The maximum atomic E-state index is 13.4. The van der Waals surface area contributed by atoms with Crippen LogP contribution in [0.3, 0.4) is 0 Å². The van der Waals surface area contributed by atoms with Crippen LogP contribution in [0.4, 0.5) is 11.4 Å². The molecule has 214 valence electrons. The Morgan fingerprint density at radius 1 is 0.762 bits per heavy atom. The molecule has 1 atom stereocenters. The number of carbonyl (C=O) groups is 3. The van der Waals surface area contributed by atoms with Gasteiger partial charge >= 0.3 is 0 Å². The molecule has 0 aromatic heterocycles. The second-order valence-corrected chi connectivity index (χ2v) is 11.8. The molecule has 6 nitrogen and oxygen atoms in total. The first kappa shape index (κ1) is 31.2. The highest BCUT2D eigenvalue weighted by atomic mass is 35.5. The lowest BCUT2D eigenvalue weighted by Gasteiger charge is -2.15. The Labute approximate surface area is 263 Å². The predicted octanol–water partition coefficient (Wildman–Crippen LogP) is 8.48. The van der Waals surface area contributed by atoms with Gasteiger partial charge in [0.2, 0.25) is 5.91 Å². The monoisotopic (exact) mass is 637 g/mol. The van der Waals surface area contributed by atoms with Crippen molar-refractivity contribution in [3.05, 3.63) is 128 Å². The molecule has 3 N–H and O–H groups in total. The summed E-state index contributed by atoms with van der Waals surface area (Å²) < 4.78 is 0. The van der Waals surface area contributed by atoms with E-state index >= 15 is 0 Å². The normalized spacial score (nSPS) is 11.9. The third-order valence-electron chi connectivity index (χ3n) is 6.03. The molecule has 4 rings (SSSR count). The largest absolute Gasteiger partial charge is 0.325 e. The van der Waals surface area contributed by atoms with Crippen LogP contribution in [-0.4, -0.2) is 23.0 Å². The standard InChI is InChI=1S/C32H26Cl3N3O3S/c1-19-14-15-23(17-28(19)35)36-30(39)20(2)42-24-11-6-10-22(16-24)37-32(41)29(18-25-26(33)12-7-13-27(25)34)38-31(40)21-8-4-3-5-9-21/h3-18,20H,1-2H3,(H,36,39)(H,37,41)(H,38,40)/b29-18+. The molecule has 0 aliphatic heterocycles. The van der Waals surface area contributed by atoms with Crippen molar-refractivity contribution < 1.29 is 14.4 Å². The van der Waals surface area contributed by atoms with Crippen molar-refractivity contribution >= 4 is 81.7 Å². The lowest BCUT2D eigenvalue weighted by Crippen LogP contribution is -2.30. The van der Waals surface area contributed by atoms with Gasteiger partial charge in [0.05, 0.1) is 5.25 Å². The van der Waals surface area contributed by atoms with Gasteiger partial charge in [0.25, 0.3) is 11.8 Å². The molecule has 0 bridgehead atoms. The van der Waals surface area contributed by atoms with E-state index < -0.39 is 17.1 Å². The van der Waals surface area contributed by atoms with Gasteiger partial charge in [0, 0.05) is 42.5 Å². The molecular formula is C32H26Cl3N3O3S. The van der Waals surface area contributed by atoms with Gasteiger partial charge in [-0.3, -0.25) is 14.4 Å². The van der Waals surface area contributed by atoms with Gasteiger partial charge in [0.1, 0.15) is 5.70 Å². The number of aryl methyl sites for hydroxylation is 1. The molecule has 10 heteroatoms. The summed E-state index contributed by atoms with van der Waals surface area (Å²) in [6, 6.07) is 25.9. The van der Waals surface area contributed by atoms with Crippen molar-refractivity contribution in [1.82, 2.24) is 5.32 Å². The Kier molecular flexibility index (Phi) is 10.7. The van der Waals surface area contributed by atoms with Gasteiger partial charge in [-0.15, -0.1) is 11.8 Å². The van der Waals surface area contributed by atoms with Crippen LogP contribution in [-0.2, 0) is 9.59 Å². The van der Waals surface area contributed by atoms with Crippen molar-refractivity contribution in [2.75, 3.05) is 10.6 Å². The van der Waals surface area contributed by atoms with E-state index in [0.29, 0.717) is 37.6 Å². The summed E-state index contributed by atoms with van der Waals surface area (Å²) in [6.07, 6.45) is 1.43. The van der Waals surface area contributed by atoms with Crippen LogP contribution in [0.1, 0.15) is 28.4 Å². The van der Waals surface area contributed by atoms with E-state index in [0.717, 1.165) is 10.5 Å². The van der Waals surface area contributed by atoms with Crippen LogP contribution < -0.4 is 16.0 Å². The number of nitrogens with one attached hydrogen (secondary N) is 3. The van der Waals surface area contributed by atoms with Crippen LogP contribution in [0.15, 0.2) is 102 Å². The lowest BCUT2D eigenvalue weighted by molar-refractivity contribution is -0.115. The van der Waals surface area contributed by atoms with Gasteiger partial charge in [0.15, 0.2) is 0 Å². The molecule has 0 spiro atoms. The molecule has 0 saturated heterocycles. The number of thioether (sulfide) groups is 1. The highest BCUT2D eigenvalue weighted by Gasteiger charge is 2.18. The van der Waals surface area contributed by atoms with Crippen LogP contribution in [0.5, 0.6) is 0 Å². The van der Waals surface area contributed by atoms with Crippen LogP contribution in [0, 0.1) is 6.92 Å². The minimum absolute atomic E-state index is 0.0542. The van der Waals surface area contributed by atoms with E-state index in [2.05, 4.69) is 16.0 Å². The number of anilines is 2. The molecule has 0 aliphatic carbocycles. The summed E-state index contributed by atoms with van der Waals surface area (Å²) in [5.41, 5.74) is 2.70. The first-order valence-corrected chi connectivity index (χ1v) is 14.8. The Morgan fingerprint density at radius 3 is 2.12 bits per heavy atom. The fourth-order valence-electron chi connectivity index (χ4n) is 3.75. The third-order valence-corrected chi connectivity index (χ3v) is 8.19. The van der Waals surface area contributed by atoms with E-state index in [-0.39, 0.29) is 11.6 Å². The molecule has 0 fully saturated rings. The van der Waals surface area contributed by atoms with E-state index in [1.54, 1.807) is 85.8 Å². The molecule has 0 aliphatic rings. The van der Waals surface area contributed by atoms with Gasteiger partial charge in [-0.1, -0.05) is 71.2 Å². The average Bonchev–Trinajstić information content (AvgIpc) is 2.97. The van der Waals surface area contributed by atoms with E-state index in [1.165, 1.54) is 17.8 Å². The number of benzene rings is 4. The van der Waals surface area contributed by atoms with Crippen molar-refractivity contribution in [1.29, 1.82) is 0 Å². The summed E-state index contributed by atoms with van der Waals surface area (Å²) in [7, 11) is 0. The molecule has 3 amide bonds. The van der Waals surface area contributed by atoms with Gasteiger partial charge in [-0.25, -0.2) is 0 Å². The summed E-state index contributed by atoms with van der Waals surface area (Å²) in [6.45, 7) is 3.68. The number of halogens is 3. The maximum Gasteiger partial charge on any atom is 0.272 e. The van der Waals surface area contributed by atoms with Crippen LogP contribution >= 0.6 is 46.6 Å². The van der Waals surface area contributed by atoms with Gasteiger partial charge in [-0.05, 0) is 80.1 Å². The zero-order valence-electron chi connectivity index (χ0n) is 22.6. The Morgan fingerprint density at radius 2 is 1.43 bits per heavy atom. The molecule has 1 unspecified atom stereocenters. The fraction of sp³-hybridized carbons (Fsp3) is 0.0938. The zero-order valence-corrected chi connectivity index (χ0v) is 25.7. The highest BCUT2D eigenvalue weighted by Crippen LogP contribution is 2.29. The first-order valence-electron chi connectivity index (χ1n) is 12.8. The number of rotatable bonds is 9.